The summed E-state index contributed by atoms with van der Waals surface area (Å²) in [5.41, 5.74) is 9.26. The minimum atomic E-state index is -4.64. The molecular formula is C36H32O10P2. The highest BCUT2D eigenvalue weighted by Crippen LogP contribution is 2.55. The lowest BCUT2D eigenvalue weighted by molar-refractivity contribution is 0.272. The van der Waals surface area contributed by atoms with E-state index in [0.29, 0.717) is 0 Å². The number of hydrogen-bond donors (Lipinski definition) is 8. The zero-order valence-corrected chi connectivity index (χ0v) is 26.9. The third kappa shape index (κ3) is 10.1. The first kappa shape index (κ1) is 36.0. The lowest BCUT2D eigenvalue weighted by Gasteiger charge is -2.26. The van der Waals surface area contributed by atoms with Crippen molar-refractivity contribution in [2.24, 2.45) is 0 Å². The Bertz CT molecular complexity index is 1890. The van der Waals surface area contributed by atoms with E-state index < -0.39 is 15.6 Å². The first-order valence-electron chi connectivity index (χ1n) is 14.2. The molecule has 0 radical (unpaired) electrons. The summed E-state index contributed by atoms with van der Waals surface area (Å²) in [6.07, 6.45) is 0. The lowest BCUT2D eigenvalue weighted by atomic mass is 9.78. The summed E-state index contributed by atoms with van der Waals surface area (Å²) in [5.74, 6) is 0.448. The zero-order valence-electron chi connectivity index (χ0n) is 25.1. The van der Waals surface area contributed by atoms with E-state index in [1.165, 1.54) is 0 Å². The first-order valence-corrected chi connectivity index (χ1v) is 17.4. The van der Waals surface area contributed by atoms with Gasteiger partial charge in [-0.3, -0.25) is 0 Å². The molecule has 0 aliphatic carbocycles. The van der Waals surface area contributed by atoms with Crippen LogP contribution < -0.4 is 0 Å². The van der Waals surface area contributed by atoms with Gasteiger partial charge in [0.15, 0.2) is 0 Å². The van der Waals surface area contributed by atoms with Crippen molar-refractivity contribution in [3.05, 3.63) is 146 Å². The molecule has 246 valence electrons. The van der Waals surface area contributed by atoms with Crippen LogP contribution in [0, 0.1) is 0 Å². The van der Waals surface area contributed by atoms with E-state index in [4.69, 9.17) is 38.5 Å². The van der Waals surface area contributed by atoms with Gasteiger partial charge in [-0.2, -0.15) is 0 Å². The number of hydrogen-bond acceptors (Lipinski definition) is 4. The molecule has 0 bridgehead atoms. The highest BCUT2D eigenvalue weighted by atomic mass is 31.2. The van der Waals surface area contributed by atoms with Gasteiger partial charge in [-0.1, -0.05) is 133 Å². The minimum Gasteiger partial charge on any atom is -0.508 e. The Balaban J connectivity index is 0.000000458. The molecule has 10 nitrogen and oxygen atoms in total. The Morgan fingerprint density at radius 2 is 0.521 bits per heavy atom. The number of aromatic hydroxyl groups is 2. The van der Waals surface area contributed by atoms with Gasteiger partial charge in [-0.05, 0) is 45.5 Å². The topological polar surface area (TPSA) is 196 Å². The SMILES string of the molecule is O=P(O)(O)O.O=P(O)(O)O.Oc1ccc(-c2c(-c3ccccc3)c(-c3ccccc3)c(O)c(-c3ccccc3)c2-c2ccccc2)cc1. The van der Waals surface area contributed by atoms with Crippen LogP contribution >= 0.6 is 15.6 Å². The van der Waals surface area contributed by atoms with Crippen molar-refractivity contribution < 1.29 is 48.7 Å². The Kier molecular flexibility index (Phi) is 11.9. The summed E-state index contributed by atoms with van der Waals surface area (Å²) in [6, 6.07) is 47.9. The number of phenolic OH excluding ortho intramolecular Hbond substituents is 2. The maximum absolute atomic E-state index is 12.3. The van der Waals surface area contributed by atoms with Crippen molar-refractivity contribution in [1.82, 2.24) is 0 Å². The fourth-order valence-electron chi connectivity index (χ4n) is 5.21. The molecule has 0 saturated carbocycles. The van der Waals surface area contributed by atoms with Crippen molar-refractivity contribution in [2.45, 2.75) is 0 Å². The molecule has 0 atom stereocenters. The average Bonchev–Trinajstić information content (AvgIpc) is 3.05. The minimum absolute atomic E-state index is 0.210. The average molecular weight is 687 g/mol. The van der Waals surface area contributed by atoms with Crippen LogP contribution in [-0.4, -0.2) is 39.6 Å². The Morgan fingerprint density at radius 3 is 0.792 bits per heavy atom. The molecule has 8 N–H and O–H groups in total. The molecule has 6 aromatic rings. The van der Waals surface area contributed by atoms with Gasteiger partial charge in [0.1, 0.15) is 11.5 Å². The van der Waals surface area contributed by atoms with Gasteiger partial charge in [0.05, 0.1) is 0 Å². The van der Waals surface area contributed by atoms with Crippen LogP contribution in [0.15, 0.2) is 146 Å². The van der Waals surface area contributed by atoms with Gasteiger partial charge < -0.3 is 39.6 Å². The predicted molar refractivity (Wildman–Crippen MR) is 185 cm³/mol. The van der Waals surface area contributed by atoms with Crippen LogP contribution in [0.25, 0.3) is 55.6 Å². The van der Waals surface area contributed by atoms with E-state index in [9.17, 15) is 10.2 Å². The number of phenols is 2. The van der Waals surface area contributed by atoms with Gasteiger partial charge in [0, 0.05) is 22.3 Å². The van der Waals surface area contributed by atoms with Gasteiger partial charge in [-0.25, -0.2) is 9.13 Å². The Morgan fingerprint density at radius 1 is 0.312 bits per heavy atom. The molecule has 0 heterocycles. The van der Waals surface area contributed by atoms with Crippen molar-refractivity contribution in [3.8, 4) is 67.1 Å². The van der Waals surface area contributed by atoms with E-state index in [1.807, 2.05) is 109 Å². The summed E-state index contributed by atoms with van der Waals surface area (Å²) >= 11 is 0. The molecule has 6 rings (SSSR count). The van der Waals surface area contributed by atoms with Crippen LogP contribution in [-0.2, 0) is 9.13 Å². The molecule has 0 saturated heterocycles. The highest BCUT2D eigenvalue weighted by Gasteiger charge is 2.28. The quantitative estimate of drug-likeness (QED) is 0.0838. The third-order valence-corrected chi connectivity index (χ3v) is 6.88. The van der Waals surface area contributed by atoms with Crippen molar-refractivity contribution >= 4 is 15.6 Å². The first-order chi connectivity index (χ1) is 22.7. The van der Waals surface area contributed by atoms with Crippen LogP contribution in [0.4, 0.5) is 0 Å². The molecule has 0 fully saturated rings. The van der Waals surface area contributed by atoms with Crippen LogP contribution in [0.5, 0.6) is 11.5 Å². The molecule has 0 aliphatic rings. The second kappa shape index (κ2) is 15.8. The second-order valence-electron chi connectivity index (χ2n) is 10.3. The number of benzene rings is 6. The summed E-state index contributed by atoms with van der Waals surface area (Å²) in [5, 5.41) is 22.4. The van der Waals surface area contributed by atoms with E-state index in [1.54, 1.807) is 12.1 Å². The predicted octanol–water partition coefficient (Wildman–Crippen LogP) is 7.58. The monoisotopic (exact) mass is 686 g/mol. The second-order valence-corrected chi connectivity index (χ2v) is 12.3. The van der Waals surface area contributed by atoms with Gasteiger partial charge in [0.25, 0.3) is 0 Å². The molecular weight excluding hydrogens is 654 g/mol. The van der Waals surface area contributed by atoms with Crippen molar-refractivity contribution in [2.75, 3.05) is 0 Å². The molecule has 0 unspecified atom stereocenters. The normalized spacial score (nSPS) is 11.0. The Labute approximate surface area is 276 Å². The molecule has 0 aromatic heterocycles. The lowest BCUT2D eigenvalue weighted by Crippen LogP contribution is -1.99. The van der Waals surface area contributed by atoms with Gasteiger partial charge in [0.2, 0.25) is 0 Å². The number of rotatable bonds is 5. The smallest absolute Gasteiger partial charge is 0.466 e. The fourth-order valence-corrected chi connectivity index (χ4v) is 5.21. The molecule has 0 amide bonds. The van der Waals surface area contributed by atoms with Crippen LogP contribution in [0.2, 0.25) is 0 Å². The van der Waals surface area contributed by atoms with Crippen molar-refractivity contribution in [1.29, 1.82) is 0 Å². The standard InChI is InChI=1S/C36H26O2.2H3O4P/c37-30-23-21-29(22-24-30)31-32(25-13-5-1-6-14-25)34(27-17-9-3-10-18-27)36(38)35(28-19-11-4-12-20-28)33(31)26-15-7-2-8-16-26;2*1-5(2,3)4/h1-24,37-38H;2*(H3,1,2,3,4). The largest absolute Gasteiger partial charge is 0.508 e. The van der Waals surface area contributed by atoms with E-state index >= 15 is 0 Å². The maximum atomic E-state index is 12.3. The molecule has 0 aliphatic heterocycles. The summed E-state index contributed by atoms with van der Waals surface area (Å²) in [6.45, 7) is 0. The van der Waals surface area contributed by atoms with Crippen LogP contribution in [0.1, 0.15) is 0 Å². The molecule has 12 heteroatoms. The van der Waals surface area contributed by atoms with E-state index in [2.05, 4.69) is 24.3 Å². The summed E-state index contributed by atoms with van der Waals surface area (Å²) in [4.78, 5) is 43.1. The highest BCUT2D eigenvalue weighted by molar-refractivity contribution is 7.45. The summed E-state index contributed by atoms with van der Waals surface area (Å²) < 4.78 is 17.8. The molecule has 48 heavy (non-hydrogen) atoms. The van der Waals surface area contributed by atoms with E-state index in [0.717, 1.165) is 55.6 Å². The van der Waals surface area contributed by atoms with Gasteiger partial charge >= 0.3 is 15.6 Å². The Hall–Kier alpha value is -4.86. The maximum Gasteiger partial charge on any atom is 0.466 e. The fraction of sp³-hybridized carbons (Fsp3) is 0. The van der Waals surface area contributed by atoms with Gasteiger partial charge in [-0.15, -0.1) is 0 Å². The van der Waals surface area contributed by atoms with Crippen LogP contribution in [0.3, 0.4) is 0 Å². The third-order valence-electron chi connectivity index (χ3n) is 6.88. The summed E-state index contributed by atoms with van der Waals surface area (Å²) in [7, 11) is -9.28. The zero-order chi connectivity index (χ0) is 34.9. The molecule has 6 aromatic carbocycles. The van der Waals surface area contributed by atoms with Crippen molar-refractivity contribution in [3.63, 3.8) is 0 Å². The molecule has 0 spiro atoms. The van der Waals surface area contributed by atoms with E-state index in [-0.39, 0.29) is 11.5 Å². The number of phosphoric acid groups is 2.